The minimum absolute atomic E-state index is 0.288. The van der Waals surface area contributed by atoms with Gasteiger partial charge in [-0.25, -0.2) is 0 Å². The molecule has 0 saturated heterocycles. The number of hydrogen-bond acceptors (Lipinski definition) is 3. The number of hydrogen-bond donors (Lipinski definition) is 0. The summed E-state index contributed by atoms with van der Waals surface area (Å²) in [6.07, 6.45) is 2.04. The molecule has 1 atom stereocenters. The van der Waals surface area contributed by atoms with Gasteiger partial charge in [-0.2, -0.15) is 0 Å². The Hall–Kier alpha value is -2.94. The average Bonchev–Trinajstić information content (AvgIpc) is 3.17. The van der Waals surface area contributed by atoms with Gasteiger partial charge < -0.3 is 14.2 Å². The first kappa shape index (κ1) is 16.5. The van der Waals surface area contributed by atoms with Gasteiger partial charge in [-0.3, -0.25) is 0 Å². The minimum atomic E-state index is 0.288. The highest BCUT2D eigenvalue weighted by molar-refractivity contribution is 5.47. The Labute approximate surface area is 154 Å². The van der Waals surface area contributed by atoms with Crippen molar-refractivity contribution in [3.8, 4) is 17.2 Å². The maximum absolute atomic E-state index is 5.58. The first-order chi connectivity index (χ1) is 12.8. The van der Waals surface area contributed by atoms with Gasteiger partial charge in [-0.1, -0.05) is 48.5 Å². The average molecular weight is 346 g/mol. The Morgan fingerprint density at radius 1 is 0.846 bits per heavy atom. The molecule has 0 spiro atoms. The fraction of sp³-hybridized carbons (Fsp3) is 0.217. The Bertz CT molecular complexity index is 856. The molecule has 26 heavy (non-hydrogen) atoms. The number of rotatable bonds is 6. The van der Waals surface area contributed by atoms with Crippen LogP contribution in [0.3, 0.4) is 0 Å². The lowest BCUT2D eigenvalue weighted by molar-refractivity contribution is 0.174. The molecule has 0 saturated carbocycles. The normalized spacial score (nSPS) is 13.4. The van der Waals surface area contributed by atoms with Crippen LogP contribution < -0.4 is 14.2 Å². The zero-order valence-corrected chi connectivity index (χ0v) is 14.9. The molecular weight excluding hydrogens is 324 g/mol. The summed E-state index contributed by atoms with van der Waals surface area (Å²) in [7, 11) is 1.69. The predicted octanol–water partition coefficient (Wildman–Crippen LogP) is 5.19. The van der Waals surface area contributed by atoms with Crippen LogP contribution in [0.25, 0.3) is 0 Å². The van der Waals surface area contributed by atoms with Gasteiger partial charge in [0, 0.05) is 5.92 Å². The fourth-order valence-corrected chi connectivity index (χ4v) is 3.45. The van der Waals surface area contributed by atoms with E-state index < -0.39 is 0 Å². The Morgan fingerprint density at radius 3 is 2.35 bits per heavy atom. The summed E-state index contributed by atoms with van der Waals surface area (Å²) in [4.78, 5) is 0. The fourth-order valence-electron chi connectivity index (χ4n) is 3.45. The van der Waals surface area contributed by atoms with Crippen molar-refractivity contribution in [2.24, 2.45) is 0 Å². The molecule has 0 radical (unpaired) electrons. The van der Waals surface area contributed by atoms with Crippen molar-refractivity contribution < 1.29 is 14.2 Å². The number of benzene rings is 3. The lowest BCUT2D eigenvalue weighted by atomic mass is 9.86. The van der Waals surface area contributed by atoms with Gasteiger partial charge >= 0.3 is 0 Å². The summed E-state index contributed by atoms with van der Waals surface area (Å²) in [6, 6.07) is 25.2. The van der Waals surface area contributed by atoms with Gasteiger partial charge in [0.05, 0.1) is 7.11 Å². The van der Waals surface area contributed by atoms with Crippen molar-refractivity contribution in [3.05, 3.63) is 89.5 Å². The third kappa shape index (κ3) is 3.52. The van der Waals surface area contributed by atoms with Crippen molar-refractivity contribution in [2.45, 2.75) is 18.8 Å². The van der Waals surface area contributed by atoms with Gasteiger partial charge in [0.15, 0.2) is 11.5 Å². The molecule has 3 nitrogen and oxygen atoms in total. The second kappa shape index (κ2) is 7.52. The van der Waals surface area contributed by atoms with Crippen molar-refractivity contribution in [2.75, 3.05) is 13.9 Å². The third-order valence-electron chi connectivity index (χ3n) is 4.88. The van der Waals surface area contributed by atoms with Gasteiger partial charge in [0.1, 0.15) is 5.75 Å². The van der Waals surface area contributed by atoms with Gasteiger partial charge in [0.2, 0.25) is 6.79 Å². The van der Waals surface area contributed by atoms with Crippen LogP contribution in [0.4, 0.5) is 0 Å². The van der Waals surface area contributed by atoms with Crippen LogP contribution in [-0.2, 0) is 6.42 Å². The van der Waals surface area contributed by atoms with E-state index in [0.29, 0.717) is 6.79 Å². The van der Waals surface area contributed by atoms with Crippen LogP contribution in [0, 0.1) is 0 Å². The number of fused-ring (bicyclic) bond motifs is 1. The van der Waals surface area contributed by atoms with Crippen LogP contribution in [0.15, 0.2) is 72.8 Å². The van der Waals surface area contributed by atoms with E-state index in [0.717, 1.165) is 30.1 Å². The van der Waals surface area contributed by atoms with Gasteiger partial charge in [-0.05, 0) is 53.8 Å². The molecule has 3 aromatic rings. The summed E-state index contributed by atoms with van der Waals surface area (Å²) in [5.41, 5.74) is 3.88. The highest BCUT2D eigenvalue weighted by Gasteiger charge is 2.19. The summed E-state index contributed by atoms with van der Waals surface area (Å²) in [6.45, 7) is 0.302. The zero-order chi connectivity index (χ0) is 17.8. The smallest absolute Gasteiger partial charge is 0.231 e. The van der Waals surface area contributed by atoms with Crippen molar-refractivity contribution in [3.63, 3.8) is 0 Å². The van der Waals surface area contributed by atoms with Crippen molar-refractivity contribution >= 4 is 0 Å². The summed E-state index contributed by atoms with van der Waals surface area (Å²) in [5, 5.41) is 0. The second-order valence-corrected chi connectivity index (χ2v) is 6.46. The largest absolute Gasteiger partial charge is 0.497 e. The number of methoxy groups -OCH3 is 1. The zero-order valence-electron chi connectivity index (χ0n) is 14.9. The molecule has 132 valence electrons. The summed E-state index contributed by atoms with van der Waals surface area (Å²) < 4.78 is 16.3. The Balaban J connectivity index is 1.63. The van der Waals surface area contributed by atoms with Crippen molar-refractivity contribution in [1.82, 2.24) is 0 Å². The second-order valence-electron chi connectivity index (χ2n) is 6.46. The molecule has 0 aromatic heterocycles. The first-order valence-electron chi connectivity index (χ1n) is 8.91. The van der Waals surface area contributed by atoms with Crippen molar-refractivity contribution in [1.29, 1.82) is 0 Å². The molecule has 1 aliphatic heterocycles. The topological polar surface area (TPSA) is 27.7 Å². The van der Waals surface area contributed by atoms with E-state index >= 15 is 0 Å². The standard InChI is InChI=1S/C23H22O3/c1-24-20-11-8-18(9-12-20)21(13-7-17-5-3-2-4-6-17)19-10-14-22-23(15-19)26-16-25-22/h2-6,8-12,14-15,21H,7,13,16H2,1H3. The minimum Gasteiger partial charge on any atom is -0.497 e. The molecule has 4 rings (SSSR count). The van der Waals surface area contributed by atoms with Crippen LogP contribution in [0.1, 0.15) is 29.0 Å². The van der Waals surface area contributed by atoms with Crippen LogP contribution in [0.5, 0.6) is 17.2 Å². The highest BCUT2D eigenvalue weighted by atomic mass is 16.7. The molecule has 0 bridgehead atoms. The molecule has 0 N–H and O–H groups in total. The lowest BCUT2D eigenvalue weighted by Crippen LogP contribution is -2.03. The third-order valence-corrected chi connectivity index (χ3v) is 4.88. The molecule has 0 fully saturated rings. The molecular formula is C23H22O3. The molecule has 0 amide bonds. The summed E-state index contributed by atoms with van der Waals surface area (Å²) in [5.74, 6) is 2.82. The Morgan fingerprint density at radius 2 is 1.58 bits per heavy atom. The summed E-state index contributed by atoms with van der Waals surface area (Å²) >= 11 is 0. The maximum Gasteiger partial charge on any atom is 0.231 e. The van der Waals surface area contributed by atoms with E-state index in [-0.39, 0.29) is 5.92 Å². The first-order valence-corrected chi connectivity index (χ1v) is 8.91. The molecule has 1 heterocycles. The number of ether oxygens (including phenoxy) is 3. The van der Waals surface area contributed by atoms with E-state index in [1.807, 2.05) is 18.2 Å². The quantitative estimate of drug-likeness (QED) is 0.615. The monoisotopic (exact) mass is 346 g/mol. The maximum atomic E-state index is 5.58. The van der Waals surface area contributed by atoms with Crippen LogP contribution >= 0.6 is 0 Å². The molecule has 0 aliphatic carbocycles. The van der Waals surface area contributed by atoms with E-state index in [1.54, 1.807) is 7.11 Å². The van der Waals surface area contributed by atoms with E-state index in [9.17, 15) is 0 Å². The van der Waals surface area contributed by atoms with E-state index in [4.69, 9.17) is 14.2 Å². The van der Waals surface area contributed by atoms with Gasteiger partial charge in [0.25, 0.3) is 0 Å². The molecule has 1 unspecified atom stereocenters. The van der Waals surface area contributed by atoms with Gasteiger partial charge in [-0.15, -0.1) is 0 Å². The van der Waals surface area contributed by atoms with E-state index in [1.165, 1.54) is 16.7 Å². The van der Waals surface area contributed by atoms with Crippen LogP contribution in [0.2, 0.25) is 0 Å². The number of aryl methyl sites for hydroxylation is 1. The highest BCUT2D eigenvalue weighted by Crippen LogP contribution is 2.38. The van der Waals surface area contributed by atoms with E-state index in [2.05, 4.69) is 54.6 Å². The molecule has 1 aliphatic rings. The molecule has 3 aromatic carbocycles. The Kier molecular flexibility index (Phi) is 4.78. The van der Waals surface area contributed by atoms with Crippen LogP contribution in [-0.4, -0.2) is 13.9 Å². The molecule has 3 heteroatoms. The SMILES string of the molecule is COc1ccc(C(CCc2ccccc2)c2ccc3c(c2)OCO3)cc1. The predicted molar refractivity (Wildman–Crippen MR) is 102 cm³/mol. The lowest BCUT2D eigenvalue weighted by Gasteiger charge is -2.19.